The van der Waals surface area contributed by atoms with Crippen LogP contribution in [0.25, 0.3) is 0 Å². The molecule has 0 heterocycles. The van der Waals surface area contributed by atoms with Gasteiger partial charge < -0.3 is 10.8 Å². The average Bonchev–Trinajstić information content (AvgIpc) is 3.16. The Labute approximate surface area is 122 Å². The van der Waals surface area contributed by atoms with E-state index in [0.717, 1.165) is 12.8 Å². The van der Waals surface area contributed by atoms with Gasteiger partial charge in [-0.15, -0.1) is 0 Å². The van der Waals surface area contributed by atoms with Gasteiger partial charge in [-0.25, -0.2) is 8.42 Å². The molecule has 1 aromatic rings. The number of sulfonamides is 1. The van der Waals surface area contributed by atoms with E-state index >= 15 is 0 Å². The van der Waals surface area contributed by atoms with E-state index in [1.165, 1.54) is 16.4 Å². The highest BCUT2D eigenvalue weighted by atomic mass is 35.5. The molecule has 2 rings (SSSR count). The summed E-state index contributed by atoms with van der Waals surface area (Å²) in [6.45, 7) is -0.192. The summed E-state index contributed by atoms with van der Waals surface area (Å²) in [4.78, 5) is -0.0728. The molecule has 19 heavy (non-hydrogen) atoms. The number of anilines is 1. The van der Waals surface area contributed by atoms with Crippen LogP contribution in [0.1, 0.15) is 12.8 Å². The molecule has 1 aromatic carbocycles. The van der Waals surface area contributed by atoms with Gasteiger partial charge in [-0.1, -0.05) is 23.2 Å². The van der Waals surface area contributed by atoms with Crippen LogP contribution < -0.4 is 5.73 Å². The van der Waals surface area contributed by atoms with Crippen molar-refractivity contribution in [2.45, 2.75) is 23.8 Å². The van der Waals surface area contributed by atoms with E-state index in [2.05, 4.69) is 0 Å². The molecule has 0 saturated heterocycles. The Balaban J connectivity index is 2.46. The van der Waals surface area contributed by atoms with Gasteiger partial charge in [-0.2, -0.15) is 4.31 Å². The first kappa shape index (κ1) is 14.9. The Hall–Kier alpha value is -0.530. The number of hydrogen-bond acceptors (Lipinski definition) is 4. The van der Waals surface area contributed by atoms with E-state index in [1.54, 1.807) is 0 Å². The van der Waals surface area contributed by atoms with E-state index in [9.17, 15) is 8.42 Å². The Bertz CT molecular complexity index is 588. The predicted octanol–water partition coefficient (Wildman–Crippen LogP) is 1.72. The first-order valence-corrected chi connectivity index (χ1v) is 7.95. The molecular weight excluding hydrogens is 311 g/mol. The molecule has 1 aliphatic rings. The monoisotopic (exact) mass is 324 g/mol. The molecule has 0 radical (unpaired) electrons. The van der Waals surface area contributed by atoms with Gasteiger partial charge in [0.2, 0.25) is 10.0 Å². The van der Waals surface area contributed by atoms with Crippen LogP contribution in [0, 0.1) is 0 Å². The summed E-state index contributed by atoms with van der Waals surface area (Å²) in [5.74, 6) is 0. The van der Waals surface area contributed by atoms with E-state index in [-0.39, 0.29) is 39.8 Å². The van der Waals surface area contributed by atoms with Gasteiger partial charge in [0.15, 0.2) is 0 Å². The van der Waals surface area contributed by atoms with Gasteiger partial charge in [-0.3, -0.25) is 0 Å². The first-order chi connectivity index (χ1) is 8.89. The van der Waals surface area contributed by atoms with Gasteiger partial charge in [0.05, 0.1) is 22.3 Å². The second-order valence-electron chi connectivity index (χ2n) is 4.34. The maximum absolute atomic E-state index is 12.5. The summed E-state index contributed by atoms with van der Waals surface area (Å²) in [6, 6.07) is 2.67. The molecule has 106 valence electrons. The SMILES string of the molecule is Nc1c(Cl)ccc(S(=O)(=O)N(CCO)C2CC2)c1Cl. The Morgan fingerprint density at radius 3 is 2.53 bits per heavy atom. The minimum atomic E-state index is -3.77. The number of aliphatic hydroxyl groups is 1. The fourth-order valence-corrected chi connectivity index (χ4v) is 4.25. The summed E-state index contributed by atoms with van der Waals surface area (Å²) in [5, 5.41) is 9.15. The number of nitrogens with two attached hydrogens (primary N) is 1. The molecule has 3 N–H and O–H groups in total. The second kappa shape index (κ2) is 5.46. The summed E-state index contributed by atoms with van der Waals surface area (Å²) >= 11 is 11.8. The largest absolute Gasteiger partial charge is 0.396 e. The Morgan fingerprint density at radius 2 is 2.00 bits per heavy atom. The lowest BCUT2D eigenvalue weighted by Crippen LogP contribution is -2.35. The van der Waals surface area contributed by atoms with Crippen LogP contribution in [-0.4, -0.2) is 37.0 Å². The highest BCUT2D eigenvalue weighted by molar-refractivity contribution is 7.89. The molecule has 1 fully saturated rings. The van der Waals surface area contributed by atoms with Crippen LogP contribution >= 0.6 is 23.2 Å². The third-order valence-corrected chi connectivity index (χ3v) is 5.80. The zero-order chi connectivity index (χ0) is 14.2. The van der Waals surface area contributed by atoms with E-state index in [0.29, 0.717) is 0 Å². The molecule has 0 atom stereocenters. The number of nitrogens with zero attached hydrogens (tertiary/aromatic N) is 1. The molecule has 0 spiro atoms. The standard InChI is InChI=1S/C11H14Cl2N2O3S/c12-8-3-4-9(10(13)11(8)14)19(17,18)15(5-6-16)7-1-2-7/h3-4,7,16H,1-2,5-6,14H2. The van der Waals surface area contributed by atoms with Crippen LogP contribution in [0.3, 0.4) is 0 Å². The molecular formula is C11H14Cl2N2O3S. The van der Waals surface area contributed by atoms with Crippen LogP contribution in [-0.2, 0) is 10.0 Å². The second-order valence-corrected chi connectivity index (χ2v) is 6.99. The third-order valence-electron chi connectivity index (χ3n) is 2.95. The predicted molar refractivity (Wildman–Crippen MR) is 74.9 cm³/mol. The highest BCUT2D eigenvalue weighted by Crippen LogP contribution is 2.37. The number of nitrogen functional groups attached to an aromatic ring is 1. The number of benzene rings is 1. The van der Waals surface area contributed by atoms with Crippen molar-refractivity contribution < 1.29 is 13.5 Å². The van der Waals surface area contributed by atoms with Crippen molar-refractivity contribution in [3.05, 3.63) is 22.2 Å². The first-order valence-electron chi connectivity index (χ1n) is 5.75. The molecule has 0 unspecified atom stereocenters. The topological polar surface area (TPSA) is 83.6 Å². The molecule has 0 amide bonds. The van der Waals surface area contributed by atoms with Crippen molar-refractivity contribution in [3.63, 3.8) is 0 Å². The van der Waals surface area contributed by atoms with Crippen LogP contribution in [0.5, 0.6) is 0 Å². The van der Waals surface area contributed by atoms with Crippen LogP contribution in [0.15, 0.2) is 17.0 Å². The van der Waals surface area contributed by atoms with Crippen molar-refractivity contribution >= 4 is 38.9 Å². The number of halogens is 2. The van der Waals surface area contributed by atoms with Crippen molar-refractivity contribution in [1.82, 2.24) is 4.31 Å². The minimum Gasteiger partial charge on any atom is -0.396 e. The summed E-state index contributed by atoms with van der Waals surface area (Å²) in [5.41, 5.74) is 5.69. The van der Waals surface area contributed by atoms with E-state index < -0.39 is 10.0 Å². The summed E-state index contributed by atoms with van der Waals surface area (Å²) in [6.07, 6.45) is 1.58. The quantitative estimate of drug-likeness (QED) is 0.808. The van der Waals surface area contributed by atoms with E-state index in [4.69, 9.17) is 34.0 Å². The van der Waals surface area contributed by atoms with Gasteiger partial charge in [0.25, 0.3) is 0 Å². The molecule has 5 nitrogen and oxygen atoms in total. The molecule has 8 heteroatoms. The van der Waals surface area contributed by atoms with Crippen molar-refractivity contribution in [3.8, 4) is 0 Å². The summed E-state index contributed by atoms with van der Waals surface area (Å²) in [7, 11) is -3.77. The normalized spacial score (nSPS) is 16.0. The molecule has 0 bridgehead atoms. The third kappa shape index (κ3) is 2.83. The Morgan fingerprint density at radius 1 is 1.37 bits per heavy atom. The maximum Gasteiger partial charge on any atom is 0.244 e. The lowest BCUT2D eigenvalue weighted by Gasteiger charge is -2.22. The molecule has 0 aliphatic heterocycles. The zero-order valence-corrected chi connectivity index (χ0v) is 12.3. The van der Waals surface area contributed by atoms with Gasteiger partial charge in [-0.05, 0) is 25.0 Å². The fraction of sp³-hybridized carbons (Fsp3) is 0.455. The van der Waals surface area contributed by atoms with E-state index in [1.807, 2.05) is 0 Å². The van der Waals surface area contributed by atoms with Crippen LogP contribution in [0.4, 0.5) is 5.69 Å². The van der Waals surface area contributed by atoms with Crippen molar-refractivity contribution in [1.29, 1.82) is 0 Å². The van der Waals surface area contributed by atoms with Gasteiger partial charge in [0, 0.05) is 12.6 Å². The fourth-order valence-electron chi connectivity index (χ4n) is 1.83. The van der Waals surface area contributed by atoms with Crippen molar-refractivity contribution in [2.75, 3.05) is 18.9 Å². The highest BCUT2D eigenvalue weighted by Gasteiger charge is 2.38. The molecule has 1 saturated carbocycles. The number of hydrogen-bond donors (Lipinski definition) is 2. The Kier molecular flexibility index (Phi) is 4.27. The average molecular weight is 325 g/mol. The lowest BCUT2D eigenvalue weighted by atomic mass is 10.3. The van der Waals surface area contributed by atoms with Crippen molar-refractivity contribution in [2.24, 2.45) is 0 Å². The zero-order valence-electron chi connectivity index (χ0n) is 10.0. The summed E-state index contributed by atoms with van der Waals surface area (Å²) < 4.78 is 26.3. The van der Waals surface area contributed by atoms with Gasteiger partial charge in [0.1, 0.15) is 4.90 Å². The van der Waals surface area contributed by atoms with Gasteiger partial charge >= 0.3 is 0 Å². The van der Waals surface area contributed by atoms with Crippen LogP contribution in [0.2, 0.25) is 10.0 Å². The number of aliphatic hydroxyl groups excluding tert-OH is 1. The molecule has 1 aliphatic carbocycles. The lowest BCUT2D eigenvalue weighted by molar-refractivity contribution is 0.250. The minimum absolute atomic E-state index is 0.0455. The smallest absolute Gasteiger partial charge is 0.244 e. The maximum atomic E-state index is 12.5. The molecule has 0 aromatic heterocycles. The number of rotatable bonds is 5.